The van der Waals surface area contributed by atoms with E-state index in [1.807, 2.05) is 0 Å². The topological polar surface area (TPSA) is 242 Å². The van der Waals surface area contributed by atoms with E-state index in [2.05, 4.69) is 0 Å². The van der Waals surface area contributed by atoms with Crippen molar-refractivity contribution in [2.45, 2.75) is 48.7 Å². The van der Waals surface area contributed by atoms with Gasteiger partial charge in [0.2, 0.25) is 6.29 Å². The molecule has 15 heteroatoms. The van der Waals surface area contributed by atoms with Crippen molar-refractivity contribution in [2.75, 3.05) is 19.8 Å². The maximum absolute atomic E-state index is 12.5. The average molecular weight is 697 g/mol. The summed E-state index contributed by atoms with van der Waals surface area (Å²) in [6.45, 7) is -1.91. The smallest absolute Gasteiger partial charge is 0.330 e. The first-order valence-corrected chi connectivity index (χ1v) is 15.3. The predicted molar refractivity (Wildman–Crippen MR) is 172 cm³/mol. The van der Waals surface area contributed by atoms with Crippen molar-refractivity contribution >= 4 is 23.9 Å². The van der Waals surface area contributed by atoms with E-state index < -0.39 is 80.3 Å². The summed E-state index contributed by atoms with van der Waals surface area (Å²) in [6, 6.07) is 15.8. The number of esters is 1. The molecule has 0 amide bonds. The minimum Gasteiger partial charge on any atom is -0.508 e. The number of benzene rings is 3. The second-order valence-electron chi connectivity index (χ2n) is 11.7. The van der Waals surface area contributed by atoms with Gasteiger partial charge in [0.1, 0.15) is 54.0 Å². The fraction of sp³-hybridized carbons (Fsp3) is 0.314. The lowest BCUT2D eigenvalue weighted by Crippen LogP contribution is -2.62. The molecule has 0 aromatic heterocycles. The summed E-state index contributed by atoms with van der Waals surface area (Å²) in [5, 5.41) is 81.7. The van der Waals surface area contributed by atoms with Gasteiger partial charge in [0.05, 0.1) is 18.8 Å². The van der Waals surface area contributed by atoms with Crippen LogP contribution in [0, 0.1) is 0 Å². The number of allylic oxidation sites excluding steroid dienone is 1. The van der Waals surface area contributed by atoms with Crippen molar-refractivity contribution in [3.63, 3.8) is 0 Å². The van der Waals surface area contributed by atoms with Gasteiger partial charge in [-0.1, -0.05) is 30.3 Å². The van der Waals surface area contributed by atoms with Gasteiger partial charge in [0.25, 0.3) is 0 Å². The normalized spacial score (nSPS) is 28.2. The quantitative estimate of drug-likeness (QED) is 0.0735. The Morgan fingerprint density at radius 3 is 2.14 bits per heavy atom. The van der Waals surface area contributed by atoms with Crippen LogP contribution in [0.15, 0.2) is 78.9 Å². The molecule has 50 heavy (non-hydrogen) atoms. The largest absolute Gasteiger partial charge is 0.508 e. The Balaban J connectivity index is 1.21. The molecule has 8 N–H and O–H groups in total. The molecule has 2 heterocycles. The van der Waals surface area contributed by atoms with E-state index in [1.54, 1.807) is 24.3 Å². The number of hydrogen-bond acceptors (Lipinski definition) is 15. The lowest BCUT2D eigenvalue weighted by Gasteiger charge is -2.42. The van der Waals surface area contributed by atoms with Crippen LogP contribution >= 0.6 is 0 Å². The highest BCUT2D eigenvalue weighted by molar-refractivity contribution is 6.08. The highest BCUT2D eigenvalue weighted by Gasteiger charge is 2.54. The van der Waals surface area contributed by atoms with Crippen molar-refractivity contribution in [3.8, 4) is 23.0 Å². The molecule has 15 nitrogen and oxygen atoms in total. The zero-order valence-electron chi connectivity index (χ0n) is 26.3. The van der Waals surface area contributed by atoms with Crippen LogP contribution in [-0.4, -0.2) is 121 Å². The van der Waals surface area contributed by atoms with E-state index >= 15 is 0 Å². The third kappa shape index (κ3) is 8.65. The molecule has 0 unspecified atom stereocenters. The maximum atomic E-state index is 12.5. The minimum absolute atomic E-state index is 0.00591. The average Bonchev–Trinajstić information content (AvgIpc) is 3.38. The van der Waals surface area contributed by atoms with E-state index in [0.29, 0.717) is 11.1 Å². The van der Waals surface area contributed by atoms with Crippen LogP contribution in [0.3, 0.4) is 0 Å². The number of phenolic OH excluding ortho intramolecular Hbond substituents is 3. The molecule has 2 fully saturated rings. The Morgan fingerprint density at radius 1 is 0.840 bits per heavy atom. The number of aliphatic hydroxyl groups excluding tert-OH is 4. The molecule has 3 aromatic carbocycles. The SMILES string of the molecule is O=C(C=Cc1ccc(O)cc1)OC[C@@]1(O)CO[C@@H](O[C@H]2[C@H](Oc3ccc(C=CC(=O)c4ccc(O)cc4O)cc3)O[C@H](CO)[C@@H](O)[C@@H]2O)[C@@H]1O. The Labute approximate surface area is 285 Å². The number of aliphatic hydroxyl groups is 5. The van der Waals surface area contributed by atoms with Gasteiger partial charge in [-0.3, -0.25) is 4.79 Å². The standard InChI is InChI=1S/C35H36O15/c36-16-27-29(42)30(43)31(50-34-32(44)35(45,18-47-34)17-46-28(41)14-6-19-1-7-21(37)8-2-19)33(49-27)48-23-10-3-20(4-11-23)5-13-25(39)24-12-9-22(38)15-26(24)40/h1-15,27,29-34,36-38,40,42-45H,16-18H2/t27-,29-,30+,31-,32+,33-,34+,35-/m1/s1. The number of hydrogen-bond donors (Lipinski definition) is 8. The zero-order chi connectivity index (χ0) is 36.0. The Kier molecular flexibility index (Phi) is 11.5. The molecule has 266 valence electrons. The molecular weight excluding hydrogens is 660 g/mol. The van der Waals surface area contributed by atoms with E-state index in [4.69, 9.17) is 23.7 Å². The van der Waals surface area contributed by atoms with Gasteiger partial charge in [-0.25, -0.2) is 4.79 Å². The molecule has 2 saturated heterocycles. The Hall–Kier alpha value is -4.84. The van der Waals surface area contributed by atoms with Crippen molar-refractivity contribution in [2.24, 2.45) is 0 Å². The zero-order valence-corrected chi connectivity index (χ0v) is 26.3. The summed E-state index contributed by atoms with van der Waals surface area (Å²) in [7, 11) is 0. The number of carbonyl (C=O) groups excluding carboxylic acids is 2. The summed E-state index contributed by atoms with van der Waals surface area (Å²) in [4.78, 5) is 24.7. The molecule has 0 radical (unpaired) electrons. The lowest BCUT2D eigenvalue weighted by molar-refractivity contribution is -0.318. The van der Waals surface area contributed by atoms with Crippen molar-refractivity contribution in [3.05, 3.63) is 95.6 Å². The lowest BCUT2D eigenvalue weighted by atomic mass is 9.98. The second-order valence-corrected chi connectivity index (χ2v) is 11.7. The van der Waals surface area contributed by atoms with E-state index in [1.165, 1.54) is 54.6 Å². The maximum Gasteiger partial charge on any atom is 0.330 e. The number of aromatic hydroxyl groups is 3. The first kappa shape index (κ1) is 36.4. The van der Waals surface area contributed by atoms with Gasteiger partial charge in [0, 0.05) is 12.1 Å². The number of ether oxygens (including phenoxy) is 5. The van der Waals surface area contributed by atoms with Crippen LogP contribution in [0.4, 0.5) is 0 Å². The molecule has 2 aliphatic rings. The molecule has 0 bridgehead atoms. The molecule has 0 saturated carbocycles. The molecule has 0 aliphatic carbocycles. The summed E-state index contributed by atoms with van der Waals surface area (Å²) in [5.74, 6) is -1.68. The molecule has 3 aromatic rings. The Bertz CT molecular complexity index is 1690. The van der Waals surface area contributed by atoms with Gasteiger partial charge >= 0.3 is 5.97 Å². The summed E-state index contributed by atoms with van der Waals surface area (Å²) in [5.41, 5.74) is -0.960. The number of rotatable bonds is 12. The fourth-order valence-corrected chi connectivity index (χ4v) is 5.12. The van der Waals surface area contributed by atoms with Crippen LogP contribution < -0.4 is 4.74 Å². The number of ketones is 1. The Morgan fingerprint density at radius 2 is 1.48 bits per heavy atom. The summed E-state index contributed by atoms with van der Waals surface area (Å²) >= 11 is 0. The third-order valence-electron chi connectivity index (χ3n) is 8.00. The second kappa shape index (κ2) is 15.8. The molecular formula is C35H36O15. The molecule has 2 aliphatic heterocycles. The minimum atomic E-state index is -2.11. The third-order valence-corrected chi connectivity index (χ3v) is 8.00. The first-order valence-electron chi connectivity index (χ1n) is 15.3. The first-order chi connectivity index (χ1) is 23.9. The molecule has 8 atom stereocenters. The molecule has 5 rings (SSSR count). The molecule has 0 spiro atoms. The van der Waals surface area contributed by atoms with E-state index in [-0.39, 0.29) is 28.6 Å². The monoisotopic (exact) mass is 696 g/mol. The predicted octanol–water partition coefficient (Wildman–Crippen LogP) is 0.607. The highest BCUT2D eigenvalue weighted by Crippen LogP contribution is 2.33. The highest BCUT2D eigenvalue weighted by atomic mass is 16.8. The van der Waals surface area contributed by atoms with E-state index in [0.717, 1.165) is 12.1 Å². The van der Waals surface area contributed by atoms with Crippen molar-refractivity contribution < 1.29 is 74.1 Å². The number of phenols is 3. The van der Waals surface area contributed by atoms with Gasteiger partial charge < -0.3 is 64.5 Å². The summed E-state index contributed by atoms with van der Waals surface area (Å²) in [6.07, 6.45) is -5.81. The van der Waals surface area contributed by atoms with Crippen molar-refractivity contribution in [1.82, 2.24) is 0 Å². The summed E-state index contributed by atoms with van der Waals surface area (Å²) < 4.78 is 27.8. The van der Waals surface area contributed by atoms with Gasteiger partial charge in [0.15, 0.2) is 23.8 Å². The van der Waals surface area contributed by atoms with Crippen LogP contribution in [-0.2, 0) is 23.7 Å². The van der Waals surface area contributed by atoms with E-state index in [9.17, 15) is 50.4 Å². The van der Waals surface area contributed by atoms with Crippen LogP contribution in [0.5, 0.6) is 23.0 Å². The van der Waals surface area contributed by atoms with Crippen molar-refractivity contribution in [1.29, 1.82) is 0 Å². The van der Waals surface area contributed by atoms with Gasteiger partial charge in [-0.15, -0.1) is 0 Å². The fourth-order valence-electron chi connectivity index (χ4n) is 5.12. The van der Waals surface area contributed by atoms with Gasteiger partial charge in [-0.2, -0.15) is 0 Å². The number of carbonyl (C=O) groups is 2. The van der Waals surface area contributed by atoms with Crippen LogP contribution in [0.2, 0.25) is 0 Å². The van der Waals surface area contributed by atoms with Crippen LogP contribution in [0.1, 0.15) is 21.5 Å². The van der Waals surface area contributed by atoms with Gasteiger partial charge in [-0.05, 0) is 59.7 Å². The van der Waals surface area contributed by atoms with Crippen LogP contribution in [0.25, 0.3) is 12.2 Å².